The Morgan fingerprint density at radius 1 is 0.571 bits per heavy atom. The summed E-state index contributed by atoms with van der Waals surface area (Å²) in [6.45, 7) is 2.18. The molecule has 0 aliphatic rings. The molecule has 5 aromatic rings. The van der Waals surface area contributed by atoms with Crippen molar-refractivity contribution in [2.24, 2.45) is 0 Å². The summed E-state index contributed by atoms with van der Waals surface area (Å²) >= 11 is 0. The SMILES string of the molecule is Cc1cccc2[nH]c3ccc4[nH]c5ccccc5c4c3c12. The summed E-state index contributed by atoms with van der Waals surface area (Å²) in [4.78, 5) is 7.08. The monoisotopic (exact) mass is 270 g/mol. The fourth-order valence-electron chi connectivity index (χ4n) is 3.55. The Morgan fingerprint density at radius 3 is 2.14 bits per heavy atom. The highest BCUT2D eigenvalue weighted by molar-refractivity contribution is 6.28. The van der Waals surface area contributed by atoms with E-state index < -0.39 is 0 Å². The van der Waals surface area contributed by atoms with Crippen LogP contribution >= 0.6 is 0 Å². The normalized spacial score (nSPS) is 12.0. The molecule has 2 heterocycles. The topological polar surface area (TPSA) is 31.6 Å². The summed E-state index contributed by atoms with van der Waals surface area (Å²) < 4.78 is 0. The van der Waals surface area contributed by atoms with Gasteiger partial charge in [0.05, 0.1) is 0 Å². The predicted octanol–water partition coefficient (Wildman–Crippen LogP) is 5.26. The molecule has 0 radical (unpaired) electrons. The quantitative estimate of drug-likeness (QED) is 0.384. The van der Waals surface area contributed by atoms with Gasteiger partial charge < -0.3 is 9.97 Å². The van der Waals surface area contributed by atoms with Gasteiger partial charge in [-0.25, -0.2) is 0 Å². The second-order valence-corrected chi connectivity index (χ2v) is 5.70. The van der Waals surface area contributed by atoms with Gasteiger partial charge in [-0.3, -0.25) is 0 Å². The van der Waals surface area contributed by atoms with Gasteiger partial charge in [-0.15, -0.1) is 0 Å². The lowest BCUT2D eigenvalue weighted by molar-refractivity contribution is 1.51. The van der Waals surface area contributed by atoms with Gasteiger partial charge in [-0.2, -0.15) is 0 Å². The molecular formula is C19H14N2. The van der Waals surface area contributed by atoms with E-state index in [4.69, 9.17) is 0 Å². The first-order valence-electron chi connectivity index (χ1n) is 7.23. The molecule has 0 saturated carbocycles. The van der Waals surface area contributed by atoms with Crippen LogP contribution in [0.3, 0.4) is 0 Å². The van der Waals surface area contributed by atoms with Gasteiger partial charge in [0.1, 0.15) is 0 Å². The molecule has 0 bridgehead atoms. The lowest BCUT2D eigenvalue weighted by Gasteiger charge is -1.99. The molecule has 2 aromatic heterocycles. The number of H-pyrrole nitrogens is 2. The number of benzene rings is 3. The van der Waals surface area contributed by atoms with E-state index in [1.165, 1.54) is 49.2 Å². The standard InChI is InChI=1S/C19H14N2/c1-11-5-4-8-14-17(11)19-16(21-14)10-9-15-18(19)12-6-2-3-7-13(12)20-15/h2-10,20-21H,1H3. The molecule has 0 fully saturated rings. The van der Waals surface area contributed by atoms with Crippen LogP contribution < -0.4 is 0 Å². The first-order valence-corrected chi connectivity index (χ1v) is 7.23. The molecule has 2 nitrogen and oxygen atoms in total. The Morgan fingerprint density at radius 2 is 1.24 bits per heavy atom. The molecular weight excluding hydrogens is 256 g/mol. The average Bonchev–Trinajstić information content (AvgIpc) is 3.04. The average molecular weight is 270 g/mol. The molecule has 3 aromatic carbocycles. The third-order valence-electron chi connectivity index (χ3n) is 4.46. The van der Waals surface area contributed by atoms with Gasteiger partial charge in [0.25, 0.3) is 0 Å². The highest BCUT2D eigenvalue weighted by Crippen LogP contribution is 2.37. The van der Waals surface area contributed by atoms with E-state index in [0.717, 1.165) is 0 Å². The number of hydrogen-bond donors (Lipinski definition) is 2. The van der Waals surface area contributed by atoms with Crippen molar-refractivity contribution in [3.8, 4) is 0 Å². The number of nitrogens with one attached hydrogen (secondary N) is 2. The van der Waals surface area contributed by atoms with Crippen molar-refractivity contribution < 1.29 is 0 Å². The van der Waals surface area contributed by atoms with E-state index in [0.29, 0.717) is 0 Å². The minimum atomic E-state index is 1.20. The summed E-state index contributed by atoms with van der Waals surface area (Å²) in [6.07, 6.45) is 0. The van der Waals surface area contributed by atoms with Gasteiger partial charge >= 0.3 is 0 Å². The first kappa shape index (κ1) is 11.0. The largest absolute Gasteiger partial charge is 0.354 e. The van der Waals surface area contributed by atoms with Crippen LogP contribution in [0.1, 0.15) is 5.56 Å². The number of rotatable bonds is 0. The summed E-state index contributed by atoms with van der Waals surface area (Å²) in [5.41, 5.74) is 6.13. The van der Waals surface area contributed by atoms with Crippen LogP contribution in [0.15, 0.2) is 54.6 Å². The maximum absolute atomic E-state index is 3.55. The molecule has 0 unspecified atom stereocenters. The molecule has 0 aliphatic heterocycles. The van der Waals surface area contributed by atoms with E-state index in [2.05, 4.69) is 71.5 Å². The van der Waals surface area contributed by atoms with E-state index in [1.54, 1.807) is 0 Å². The zero-order chi connectivity index (χ0) is 14.0. The third-order valence-corrected chi connectivity index (χ3v) is 4.46. The van der Waals surface area contributed by atoms with Crippen LogP contribution in [0.25, 0.3) is 43.6 Å². The van der Waals surface area contributed by atoms with Gasteiger partial charge in [0.15, 0.2) is 0 Å². The minimum Gasteiger partial charge on any atom is -0.354 e. The number of para-hydroxylation sites is 1. The zero-order valence-corrected chi connectivity index (χ0v) is 11.7. The molecule has 21 heavy (non-hydrogen) atoms. The molecule has 0 spiro atoms. The van der Waals surface area contributed by atoms with Crippen molar-refractivity contribution in [1.29, 1.82) is 0 Å². The van der Waals surface area contributed by atoms with Crippen molar-refractivity contribution in [1.82, 2.24) is 9.97 Å². The van der Waals surface area contributed by atoms with Crippen LogP contribution in [-0.4, -0.2) is 9.97 Å². The van der Waals surface area contributed by atoms with Gasteiger partial charge in [-0.1, -0.05) is 30.3 Å². The van der Waals surface area contributed by atoms with Gasteiger partial charge in [0, 0.05) is 43.6 Å². The van der Waals surface area contributed by atoms with E-state index in [-0.39, 0.29) is 0 Å². The molecule has 5 rings (SSSR count). The molecule has 2 N–H and O–H groups in total. The number of hydrogen-bond acceptors (Lipinski definition) is 0. The fraction of sp³-hybridized carbons (Fsp3) is 0.0526. The lowest BCUT2D eigenvalue weighted by Crippen LogP contribution is -1.75. The number of aromatic amines is 2. The van der Waals surface area contributed by atoms with Crippen LogP contribution in [0.4, 0.5) is 0 Å². The molecule has 0 atom stereocenters. The Hall–Kier alpha value is -2.74. The third kappa shape index (κ3) is 1.32. The molecule has 0 aliphatic carbocycles. The molecule has 2 heteroatoms. The predicted molar refractivity (Wildman–Crippen MR) is 89.9 cm³/mol. The van der Waals surface area contributed by atoms with Crippen molar-refractivity contribution in [2.45, 2.75) is 6.92 Å². The maximum atomic E-state index is 3.55. The summed E-state index contributed by atoms with van der Waals surface area (Å²) in [5.74, 6) is 0. The van der Waals surface area contributed by atoms with Crippen LogP contribution in [0.2, 0.25) is 0 Å². The van der Waals surface area contributed by atoms with Gasteiger partial charge in [0.2, 0.25) is 0 Å². The summed E-state index contributed by atoms with van der Waals surface area (Å²) in [7, 11) is 0. The van der Waals surface area contributed by atoms with Crippen LogP contribution in [-0.2, 0) is 0 Å². The second-order valence-electron chi connectivity index (χ2n) is 5.70. The minimum absolute atomic E-state index is 1.20. The van der Waals surface area contributed by atoms with Crippen molar-refractivity contribution in [3.63, 3.8) is 0 Å². The maximum Gasteiger partial charge on any atom is 0.0472 e. The second kappa shape index (κ2) is 3.67. The van der Waals surface area contributed by atoms with Gasteiger partial charge in [-0.05, 0) is 36.8 Å². The zero-order valence-electron chi connectivity index (χ0n) is 11.7. The number of aromatic nitrogens is 2. The number of fused-ring (bicyclic) bond motifs is 7. The Kier molecular flexibility index (Phi) is 1.92. The summed E-state index contributed by atoms with van der Waals surface area (Å²) in [5, 5.41) is 5.28. The van der Waals surface area contributed by atoms with Crippen molar-refractivity contribution >= 4 is 43.6 Å². The highest BCUT2D eigenvalue weighted by Gasteiger charge is 2.13. The van der Waals surface area contributed by atoms with E-state index in [1.807, 2.05) is 0 Å². The van der Waals surface area contributed by atoms with Crippen molar-refractivity contribution in [3.05, 3.63) is 60.2 Å². The lowest BCUT2D eigenvalue weighted by atomic mass is 10.0. The Bertz CT molecular complexity index is 1140. The first-order chi connectivity index (χ1) is 10.3. The summed E-state index contributed by atoms with van der Waals surface area (Å²) in [6, 6.07) is 19.3. The smallest absolute Gasteiger partial charge is 0.0472 e. The highest BCUT2D eigenvalue weighted by atomic mass is 14.7. The Balaban J connectivity index is 2.19. The van der Waals surface area contributed by atoms with E-state index >= 15 is 0 Å². The van der Waals surface area contributed by atoms with Crippen LogP contribution in [0.5, 0.6) is 0 Å². The molecule has 100 valence electrons. The number of aryl methyl sites for hydroxylation is 1. The Labute approximate surface area is 121 Å². The van der Waals surface area contributed by atoms with E-state index in [9.17, 15) is 0 Å². The van der Waals surface area contributed by atoms with Crippen LogP contribution in [0, 0.1) is 6.92 Å². The molecule has 0 amide bonds. The molecule has 0 saturated heterocycles. The van der Waals surface area contributed by atoms with Crippen molar-refractivity contribution in [2.75, 3.05) is 0 Å². The fourth-order valence-corrected chi connectivity index (χ4v) is 3.55.